The first kappa shape index (κ1) is 20.3. The molecule has 0 saturated carbocycles. The van der Waals surface area contributed by atoms with Crippen LogP contribution in [0.2, 0.25) is 10.0 Å². The van der Waals surface area contributed by atoms with Crippen molar-refractivity contribution < 1.29 is 23.9 Å². The smallest absolute Gasteiger partial charge is 0.347 e. The van der Waals surface area contributed by atoms with Crippen molar-refractivity contribution in [3.05, 3.63) is 69.7 Å². The van der Waals surface area contributed by atoms with E-state index < -0.39 is 11.6 Å². The number of hydrogen-bond acceptors (Lipinski definition) is 4. The molecule has 0 radical (unpaired) electrons. The van der Waals surface area contributed by atoms with Crippen molar-refractivity contribution in [3.8, 4) is 0 Å². The lowest BCUT2D eigenvalue weighted by molar-refractivity contribution is -0.938. The summed E-state index contributed by atoms with van der Waals surface area (Å²) in [6, 6.07) is 13.8. The van der Waals surface area contributed by atoms with E-state index in [1.54, 1.807) is 48.5 Å². The van der Waals surface area contributed by atoms with Crippen LogP contribution in [0.25, 0.3) is 0 Å². The Bertz CT molecular complexity index is 910. The Morgan fingerprint density at radius 2 is 1.40 bits per heavy atom. The molecule has 30 heavy (non-hydrogen) atoms. The van der Waals surface area contributed by atoms with Gasteiger partial charge in [-0.25, -0.2) is 4.79 Å². The molecule has 7 heteroatoms. The van der Waals surface area contributed by atoms with Gasteiger partial charge in [-0.15, -0.1) is 0 Å². The number of rotatable bonds is 4. The zero-order valence-corrected chi connectivity index (χ0v) is 18.3. The van der Waals surface area contributed by atoms with Crippen molar-refractivity contribution in [3.63, 3.8) is 0 Å². The van der Waals surface area contributed by atoms with Crippen LogP contribution >= 0.6 is 23.2 Å². The minimum atomic E-state index is -1.95. The first-order chi connectivity index (χ1) is 14.2. The lowest BCUT2D eigenvalue weighted by atomic mass is 9.86. The molecule has 3 saturated heterocycles. The molecule has 5 atom stereocenters. The van der Waals surface area contributed by atoms with Crippen LogP contribution in [0.4, 0.5) is 0 Å². The molecule has 0 aliphatic carbocycles. The van der Waals surface area contributed by atoms with Crippen molar-refractivity contribution in [2.24, 2.45) is 0 Å². The SMILES string of the molecule is C[N+]1(C)C2CC(OC(=O)C(O)(c3ccc(Cl)cc3)c3ccc(Cl)cc3)C[C@H]1[C@@H]1OC21. The molecule has 0 amide bonds. The van der Waals surface area contributed by atoms with Gasteiger partial charge in [0.2, 0.25) is 5.60 Å². The lowest BCUT2D eigenvalue weighted by Crippen LogP contribution is -2.60. The van der Waals surface area contributed by atoms with Crippen LogP contribution in [0.1, 0.15) is 24.0 Å². The number of piperidine rings is 1. The average Bonchev–Trinajstić information content (AvgIpc) is 3.47. The second-order valence-corrected chi connectivity index (χ2v) is 9.92. The number of epoxide rings is 1. The van der Waals surface area contributed by atoms with Gasteiger partial charge in [0.1, 0.15) is 30.4 Å². The Morgan fingerprint density at radius 1 is 0.967 bits per heavy atom. The van der Waals surface area contributed by atoms with Gasteiger partial charge in [-0.1, -0.05) is 47.5 Å². The number of aliphatic hydroxyl groups is 1. The van der Waals surface area contributed by atoms with Gasteiger partial charge in [0.15, 0.2) is 0 Å². The number of ether oxygens (including phenoxy) is 2. The highest BCUT2D eigenvalue weighted by molar-refractivity contribution is 6.30. The highest BCUT2D eigenvalue weighted by Crippen LogP contribution is 2.52. The molecule has 2 aromatic carbocycles. The number of hydrogen-bond donors (Lipinski definition) is 1. The molecule has 3 unspecified atom stereocenters. The molecule has 5 nitrogen and oxygen atoms in total. The molecule has 0 spiro atoms. The van der Waals surface area contributed by atoms with Gasteiger partial charge in [-0.3, -0.25) is 0 Å². The third kappa shape index (κ3) is 3.07. The van der Waals surface area contributed by atoms with Gasteiger partial charge in [0.05, 0.1) is 14.1 Å². The van der Waals surface area contributed by atoms with Gasteiger partial charge in [0, 0.05) is 22.9 Å². The number of quaternary nitrogens is 1. The van der Waals surface area contributed by atoms with E-state index in [4.69, 9.17) is 32.7 Å². The van der Waals surface area contributed by atoms with Crippen LogP contribution in [-0.4, -0.2) is 60.0 Å². The number of nitrogens with zero attached hydrogens (tertiary/aromatic N) is 1. The third-order valence-corrected chi connectivity index (χ3v) is 7.64. The largest absolute Gasteiger partial charge is 0.459 e. The summed E-state index contributed by atoms with van der Waals surface area (Å²) in [7, 11) is 4.45. The van der Waals surface area contributed by atoms with Crippen molar-refractivity contribution in [1.29, 1.82) is 0 Å². The molecular weight excluding hydrogens is 425 g/mol. The Hall–Kier alpha value is -1.63. The highest BCUT2D eigenvalue weighted by Gasteiger charge is 2.70. The number of esters is 1. The summed E-state index contributed by atoms with van der Waals surface area (Å²) in [5.41, 5.74) is -1.14. The van der Waals surface area contributed by atoms with Gasteiger partial charge in [0.25, 0.3) is 0 Å². The maximum Gasteiger partial charge on any atom is 0.347 e. The molecular formula is C23H24Cl2NO4+. The number of benzene rings is 2. The number of carbonyl (C=O) groups excluding carboxylic acids is 1. The van der Waals surface area contributed by atoms with E-state index in [1.807, 2.05) is 0 Å². The minimum absolute atomic E-state index is 0.249. The molecule has 2 bridgehead atoms. The Morgan fingerprint density at radius 3 is 1.83 bits per heavy atom. The maximum atomic E-state index is 13.4. The molecule has 1 N–H and O–H groups in total. The summed E-state index contributed by atoms with van der Waals surface area (Å²) < 4.78 is 12.7. The number of fused-ring (bicyclic) bond motifs is 5. The van der Waals surface area contributed by atoms with E-state index in [9.17, 15) is 9.90 Å². The Labute approximate surface area is 185 Å². The summed E-state index contributed by atoms with van der Waals surface area (Å²) in [5, 5.41) is 12.7. The molecule has 5 rings (SSSR count). The van der Waals surface area contributed by atoms with Gasteiger partial charge in [-0.05, 0) is 35.4 Å². The van der Waals surface area contributed by atoms with Crippen molar-refractivity contribution in [1.82, 2.24) is 0 Å². The van der Waals surface area contributed by atoms with E-state index in [2.05, 4.69) is 14.1 Å². The Balaban J connectivity index is 1.44. The molecule has 3 fully saturated rings. The zero-order chi connectivity index (χ0) is 21.3. The first-order valence-electron chi connectivity index (χ1n) is 10.2. The average molecular weight is 449 g/mol. The van der Waals surface area contributed by atoms with E-state index in [-0.39, 0.29) is 18.3 Å². The number of halogens is 2. The van der Waals surface area contributed by atoms with Crippen LogP contribution in [0, 0.1) is 0 Å². The molecule has 158 valence electrons. The van der Waals surface area contributed by atoms with E-state index in [1.165, 1.54) is 0 Å². The number of carbonyl (C=O) groups is 1. The third-order valence-electron chi connectivity index (χ3n) is 7.13. The van der Waals surface area contributed by atoms with Gasteiger partial charge in [-0.2, -0.15) is 0 Å². The number of likely N-dealkylation sites (N-methyl/N-ethyl adjacent to an activating group) is 1. The quantitative estimate of drug-likeness (QED) is 0.441. The second-order valence-electron chi connectivity index (χ2n) is 9.05. The predicted octanol–water partition coefficient (Wildman–Crippen LogP) is 3.53. The fourth-order valence-electron chi connectivity index (χ4n) is 5.32. The summed E-state index contributed by atoms with van der Waals surface area (Å²) in [5.74, 6) is -0.682. The van der Waals surface area contributed by atoms with Crippen molar-refractivity contribution in [2.75, 3.05) is 14.1 Å². The van der Waals surface area contributed by atoms with E-state index in [0.29, 0.717) is 33.3 Å². The van der Waals surface area contributed by atoms with Crippen molar-refractivity contribution >= 4 is 29.2 Å². The molecule has 3 aliphatic rings. The predicted molar refractivity (Wildman–Crippen MR) is 113 cm³/mol. The van der Waals surface area contributed by atoms with Crippen LogP contribution in [0.5, 0.6) is 0 Å². The van der Waals surface area contributed by atoms with Gasteiger partial charge < -0.3 is 19.1 Å². The second kappa shape index (κ2) is 6.94. The first-order valence-corrected chi connectivity index (χ1v) is 10.9. The van der Waals surface area contributed by atoms with E-state index in [0.717, 1.165) is 17.3 Å². The van der Waals surface area contributed by atoms with Crippen LogP contribution < -0.4 is 0 Å². The highest BCUT2D eigenvalue weighted by atomic mass is 35.5. The van der Waals surface area contributed by atoms with Crippen LogP contribution in [0.3, 0.4) is 0 Å². The van der Waals surface area contributed by atoms with Crippen LogP contribution in [0.15, 0.2) is 48.5 Å². The van der Waals surface area contributed by atoms with Crippen molar-refractivity contribution in [2.45, 2.75) is 48.8 Å². The lowest BCUT2D eigenvalue weighted by Gasteiger charge is -2.45. The fraction of sp³-hybridized carbons (Fsp3) is 0.435. The molecule has 0 aromatic heterocycles. The molecule has 2 aromatic rings. The molecule has 3 heterocycles. The van der Waals surface area contributed by atoms with E-state index >= 15 is 0 Å². The molecule has 3 aliphatic heterocycles. The monoisotopic (exact) mass is 448 g/mol. The minimum Gasteiger partial charge on any atom is -0.459 e. The van der Waals surface area contributed by atoms with Crippen LogP contribution in [-0.2, 0) is 19.9 Å². The van der Waals surface area contributed by atoms with Gasteiger partial charge >= 0.3 is 5.97 Å². The normalized spacial score (nSPS) is 31.2. The summed E-state index contributed by atoms with van der Waals surface area (Å²) in [4.78, 5) is 13.4. The summed E-state index contributed by atoms with van der Waals surface area (Å²) >= 11 is 12.0. The maximum absolute atomic E-state index is 13.4. The summed E-state index contributed by atoms with van der Waals surface area (Å²) in [6.45, 7) is 0. The topological polar surface area (TPSA) is 59.1 Å². The fourth-order valence-corrected chi connectivity index (χ4v) is 5.57. The number of morpholine rings is 1. The standard InChI is InChI=1S/C23H24Cl2NO4/c1-26(2)18-11-17(12-19(26)21-20(18)30-21)29-22(27)23(28,13-3-7-15(24)8-4-13)14-5-9-16(25)10-6-14/h3-10,17-21,28H,11-12H2,1-2H3/q+1/t17?,18-,19?,20-,21?/m0/s1. The zero-order valence-electron chi connectivity index (χ0n) is 16.8. The Kier molecular flexibility index (Phi) is 4.69. The summed E-state index contributed by atoms with van der Waals surface area (Å²) in [6.07, 6.45) is 1.74.